The van der Waals surface area contributed by atoms with Gasteiger partial charge in [-0.05, 0) is 49.3 Å². The lowest BCUT2D eigenvalue weighted by Gasteiger charge is -2.37. The average Bonchev–Trinajstić information content (AvgIpc) is 2.54. The summed E-state index contributed by atoms with van der Waals surface area (Å²) < 4.78 is 0. The van der Waals surface area contributed by atoms with Gasteiger partial charge in [-0.25, -0.2) is 0 Å². The Kier molecular flexibility index (Phi) is 4.98. The van der Waals surface area contributed by atoms with Gasteiger partial charge in [-0.15, -0.1) is 0 Å². The molecule has 1 aliphatic carbocycles. The van der Waals surface area contributed by atoms with Crippen LogP contribution in [0.5, 0.6) is 0 Å². The van der Waals surface area contributed by atoms with Crippen LogP contribution in [0.25, 0.3) is 0 Å². The quantitative estimate of drug-likeness (QED) is 0.891. The first-order valence-corrected chi connectivity index (χ1v) is 7.57. The predicted octanol–water partition coefficient (Wildman–Crippen LogP) is 2.33. The number of nitrogens with two attached hydrogens (primary N) is 1. The van der Waals surface area contributed by atoms with Crippen LogP contribution in [-0.4, -0.2) is 12.5 Å². The molecule has 21 heavy (non-hydrogen) atoms. The number of nitrogens with zero attached hydrogens (tertiary/aromatic N) is 1. The van der Waals surface area contributed by atoms with Gasteiger partial charge in [0.2, 0.25) is 5.91 Å². The third-order valence-electron chi connectivity index (χ3n) is 4.61. The van der Waals surface area contributed by atoms with Crippen molar-refractivity contribution in [1.82, 2.24) is 5.32 Å². The molecule has 0 saturated heterocycles. The van der Waals surface area contributed by atoms with Crippen molar-refractivity contribution in [3.05, 3.63) is 35.4 Å². The first-order valence-electron chi connectivity index (χ1n) is 7.57. The second kappa shape index (κ2) is 6.73. The minimum Gasteiger partial charge on any atom is -0.352 e. The minimum absolute atomic E-state index is 0.0549. The molecule has 1 aliphatic rings. The van der Waals surface area contributed by atoms with Gasteiger partial charge in [0.15, 0.2) is 0 Å². The molecule has 0 spiro atoms. The van der Waals surface area contributed by atoms with Gasteiger partial charge in [0.25, 0.3) is 0 Å². The molecule has 1 aromatic carbocycles. The lowest BCUT2D eigenvalue weighted by atomic mass is 9.70. The Morgan fingerprint density at radius 3 is 2.81 bits per heavy atom. The molecule has 0 aromatic heterocycles. The van der Waals surface area contributed by atoms with E-state index in [4.69, 9.17) is 11.0 Å². The maximum Gasteiger partial charge on any atom is 0.227 e. The van der Waals surface area contributed by atoms with E-state index in [-0.39, 0.29) is 5.91 Å². The zero-order valence-electron chi connectivity index (χ0n) is 12.6. The number of carbonyl (C=O) groups is 1. The van der Waals surface area contributed by atoms with Crippen molar-refractivity contribution in [2.45, 2.75) is 39.2 Å². The van der Waals surface area contributed by atoms with Crippen LogP contribution in [0.1, 0.15) is 43.7 Å². The SMILES string of the molecule is CC1CCC(CN)(C(=O)NCc2cccc(C#N)c2)CC1. The zero-order valence-corrected chi connectivity index (χ0v) is 12.6. The second-order valence-electron chi connectivity index (χ2n) is 6.16. The predicted molar refractivity (Wildman–Crippen MR) is 82.1 cm³/mol. The fourth-order valence-electron chi connectivity index (χ4n) is 2.96. The van der Waals surface area contributed by atoms with E-state index < -0.39 is 5.41 Å². The molecule has 1 fully saturated rings. The van der Waals surface area contributed by atoms with E-state index in [1.165, 1.54) is 0 Å². The third kappa shape index (κ3) is 3.62. The molecule has 1 amide bonds. The first-order chi connectivity index (χ1) is 10.1. The number of hydrogen-bond acceptors (Lipinski definition) is 3. The van der Waals surface area contributed by atoms with Gasteiger partial charge in [0.05, 0.1) is 17.0 Å². The maximum atomic E-state index is 12.5. The standard InChI is InChI=1S/C17H23N3O/c1-13-5-7-17(12-19,8-6-13)16(21)20-11-15-4-2-3-14(9-15)10-18/h2-4,9,13H,5-8,11-12,19H2,1H3,(H,20,21). The van der Waals surface area contributed by atoms with Gasteiger partial charge in [-0.2, -0.15) is 5.26 Å². The fraction of sp³-hybridized carbons (Fsp3) is 0.529. The molecule has 112 valence electrons. The van der Waals surface area contributed by atoms with Crippen LogP contribution in [-0.2, 0) is 11.3 Å². The average molecular weight is 285 g/mol. The summed E-state index contributed by atoms with van der Waals surface area (Å²) in [5.41, 5.74) is 7.05. The largest absolute Gasteiger partial charge is 0.352 e. The molecule has 2 rings (SSSR count). The summed E-state index contributed by atoms with van der Waals surface area (Å²) in [6.07, 6.45) is 3.87. The molecular weight excluding hydrogens is 262 g/mol. The summed E-state index contributed by atoms with van der Waals surface area (Å²) in [5.74, 6) is 0.740. The Bertz CT molecular complexity index is 539. The van der Waals surface area contributed by atoms with E-state index in [0.717, 1.165) is 31.2 Å². The molecule has 0 aliphatic heterocycles. The van der Waals surface area contributed by atoms with Crippen LogP contribution in [0.2, 0.25) is 0 Å². The van der Waals surface area contributed by atoms with E-state index in [2.05, 4.69) is 18.3 Å². The Labute approximate surface area is 126 Å². The molecule has 0 bridgehead atoms. The van der Waals surface area contributed by atoms with Crippen LogP contribution in [0, 0.1) is 22.7 Å². The second-order valence-corrected chi connectivity index (χ2v) is 6.16. The van der Waals surface area contributed by atoms with Crippen LogP contribution in [0.4, 0.5) is 0 Å². The van der Waals surface area contributed by atoms with Crippen molar-refractivity contribution >= 4 is 5.91 Å². The highest BCUT2D eigenvalue weighted by Crippen LogP contribution is 2.38. The number of hydrogen-bond donors (Lipinski definition) is 2. The molecular formula is C17H23N3O. The zero-order chi connectivity index (χ0) is 15.3. The normalized spacial score (nSPS) is 25.1. The maximum absolute atomic E-state index is 12.5. The van der Waals surface area contributed by atoms with E-state index >= 15 is 0 Å². The van der Waals surface area contributed by atoms with Gasteiger partial charge in [-0.3, -0.25) is 4.79 Å². The molecule has 1 saturated carbocycles. The van der Waals surface area contributed by atoms with Gasteiger partial charge >= 0.3 is 0 Å². The number of carbonyl (C=O) groups excluding carboxylic acids is 1. The molecule has 0 unspecified atom stereocenters. The summed E-state index contributed by atoms with van der Waals surface area (Å²) in [4.78, 5) is 12.5. The fourth-order valence-corrected chi connectivity index (χ4v) is 2.96. The highest BCUT2D eigenvalue weighted by atomic mass is 16.2. The summed E-state index contributed by atoms with van der Waals surface area (Å²) in [6.45, 7) is 3.08. The molecule has 0 atom stereocenters. The van der Waals surface area contributed by atoms with Gasteiger partial charge in [-0.1, -0.05) is 19.1 Å². The highest BCUT2D eigenvalue weighted by Gasteiger charge is 2.39. The number of benzene rings is 1. The van der Waals surface area contributed by atoms with E-state index in [9.17, 15) is 4.79 Å². The number of amides is 1. The van der Waals surface area contributed by atoms with Crippen molar-refractivity contribution in [3.8, 4) is 6.07 Å². The number of nitriles is 1. The molecule has 4 heteroatoms. The summed E-state index contributed by atoms with van der Waals surface area (Å²) >= 11 is 0. The van der Waals surface area contributed by atoms with Crippen molar-refractivity contribution in [2.24, 2.45) is 17.1 Å². The first kappa shape index (κ1) is 15.5. The monoisotopic (exact) mass is 285 g/mol. The van der Waals surface area contributed by atoms with Crippen LogP contribution in [0.15, 0.2) is 24.3 Å². The minimum atomic E-state index is -0.403. The van der Waals surface area contributed by atoms with E-state index in [1.54, 1.807) is 12.1 Å². The van der Waals surface area contributed by atoms with Crippen molar-refractivity contribution < 1.29 is 4.79 Å². The Morgan fingerprint density at radius 1 is 1.48 bits per heavy atom. The van der Waals surface area contributed by atoms with E-state index in [0.29, 0.717) is 24.6 Å². The Morgan fingerprint density at radius 2 is 2.19 bits per heavy atom. The lowest BCUT2D eigenvalue weighted by molar-refractivity contribution is -0.133. The van der Waals surface area contributed by atoms with Crippen LogP contribution < -0.4 is 11.1 Å². The third-order valence-corrected chi connectivity index (χ3v) is 4.61. The van der Waals surface area contributed by atoms with E-state index in [1.807, 2.05) is 12.1 Å². The highest BCUT2D eigenvalue weighted by molar-refractivity contribution is 5.83. The molecule has 1 aromatic rings. The molecule has 0 heterocycles. The summed E-state index contributed by atoms with van der Waals surface area (Å²) in [7, 11) is 0. The molecule has 0 radical (unpaired) electrons. The number of rotatable bonds is 4. The summed E-state index contributed by atoms with van der Waals surface area (Å²) in [5, 5.41) is 11.9. The van der Waals surface area contributed by atoms with Crippen molar-refractivity contribution in [3.63, 3.8) is 0 Å². The van der Waals surface area contributed by atoms with Crippen molar-refractivity contribution in [1.29, 1.82) is 5.26 Å². The van der Waals surface area contributed by atoms with Gasteiger partial charge < -0.3 is 11.1 Å². The van der Waals surface area contributed by atoms with Gasteiger partial charge in [0, 0.05) is 13.1 Å². The molecule has 4 nitrogen and oxygen atoms in total. The van der Waals surface area contributed by atoms with Crippen molar-refractivity contribution in [2.75, 3.05) is 6.54 Å². The topological polar surface area (TPSA) is 78.9 Å². The molecule has 3 N–H and O–H groups in total. The Hall–Kier alpha value is -1.86. The van der Waals surface area contributed by atoms with Crippen LogP contribution in [0.3, 0.4) is 0 Å². The Balaban J connectivity index is 1.98. The van der Waals surface area contributed by atoms with Gasteiger partial charge in [0.1, 0.15) is 0 Å². The van der Waals surface area contributed by atoms with Crippen LogP contribution >= 0.6 is 0 Å². The lowest BCUT2D eigenvalue weighted by Crippen LogP contribution is -2.47. The smallest absolute Gasteiger partial charge is 0.227 e. The summed E-state index contributed by atoms with van der Waals surface area (Å²) in [6, 6.07) is 9.42. The number of nitrogens with one attached hydrogen (secondary N) is 1.